The minimum absolute atomic E-state index is 0.0110. The lowest BCUT2D eigenvalue weighted by Crippen LogP contribution is -2.55. The van der Waals surface area contributed by atoms with Gasteiger partial charge in [-0.2, -0.15) is 9.37 Å². The third kappa shape index (κ3) is 3.99. The fraction of sp³-hybridized carbons (Fsp3) is 0.409. The topological polar surface area (TPSA) is 83.4 Å². The van der Waals surface area contributed by atoms with Crippen LogP contribution < -0.4 is 15.0 Å². The standard InChI is InChI=1S/C22H22F3N5O2S/c1-30(16-7-11-3-4-15(26-11)20(16)25)22-29-28-21(33-22)13-8-14(23)12(9-17(13)31)10-5-18(24)27-19(6-10)32-2/h5-6,8-9,11,15-16,20,26,31H,3-4,7H2,1-2H3. The molecule has 2 aliphatic heterocycles. The van der Waals surface area contributed by atoms with E-state index in [1.807, 2.05) is 0 Å². The van der Waals surface area contributed by atoms with Gasteiger partial charge in [-0.25, -0.2) is 8.78 Å². The number of nitrogens with zero attached hydrogens (tertiary/aromatic N) is 4. The zero-order valence-electron chi connectivity index (χ0n) is 17.9. The molecule has 4 heterocycles. The van der Waals surface area contributed by atoms with Crippen molar-refractivity contribution in [3.05, 3.63) is 36.0 Å². The van der Waals surface area contributed by atoms with E-state index in [0.717, 1.165) is 36.3 Å². The van der Waals surface area contributed by atoms with Crippen LogP contribution in [-0.4, -0.2) is 58.7 Å². The van der Waals surface area contributed by atoms with Crippen molar-refractivity contribution >= 4 is 16.5 Å². The maximum atomic E-state index is 15.0. The van der Waals surface area contributed by atoms with E-state index >= 15 is 0 Å². The van der Waals surface area contributed by atoms with Crippen LogP contribution in [0.3, 0.4) is 0 Å². The molecular weight excluding hydrogens is 455 g/mol. The Hall–Kier alpha value is -2.92. The Bertz CT molecular complexity index is 1190. The van der Waals surface area contributed by atoms with Gasteiger partial charge in [0.15, 0.2) is 5.01 Å². The quantitative estimate of drug-likeness (QED) is 0.539. The molecule has 0 aliphatic carbocycles. The van der Waals surface area contributed by atoms with E-state index in [2.05, 4.69) is 20.5 Å². The molecule has 5 rings (SSSR count). The van der Waals surface area contributed by atoms with Gasteiger partial charge in [0.2, 0.25) is 17.0 Å². The number of pyridine rings is 1. The Morgan fingerprint density at radius 1 is 1.15 bits per heavy atom. The van der Waals surface area contributed by atoms with E-state index in [1.54, 1.807) is 11.9 Å². The summed E-state index contributed by atoms with van der Waals surface area (Å²) in [6.07, 6.45) is 1.43. The molecule has 3 aromatic rings. The number of halogens is 3. The molecule has 1 aromatic carbocycles. The van der Waals surface area contributed by atoms with Gasteiger partial charge >= 0.3 is 0 Å². The highest BCUT2D eigenvalue weighted by Gasteiger charge is 2.44. The lowest BCUT2D eigenvalue weighted by atomic mass is 9.97. The highest BCUT2D eigenvalue weighted by molar-refractivity contribution is 7.18. The first-order valence-electron chi connectivity index (χ1n) is 10.6. The summed E-state index contributed by atoms with van der Waals surface area (Å²) in [6, 6.07) is 4.58. The average molecular weight is 478 g/mol. The number of nitrogens with one attached hydrogen (secondary N) is 1. The minimum atomic E-state index is -1.02. The number of methoxy groups -OCH3 is 1. The number of phenolic OH excluding ortho intramolecular Hbond substituents is 1. The van der Waals surface area contributed by atoms with E-state index in [-0.39, 0.29) is 40.4 Å². The maximum absolute atomic E-state index is 15.0. The summed E-state index contributed by atoms with van der Waals surface area (Å²) in [4.78, 5) is 5.33. The number of hydrogen-bond donors (Lipinski definition) is 2. The number of hydrogen-bond acceptors (Lipinski definition) is 8. The van der Waals surface area contributed by atoms with Gasteiger partial charge < -0.3 is 20.1 Å². The molecule has 4 unspecified atom stereocenters. The Labute approximate surface area is 192 Å². The molecule has 33 heavy (non-hydrogen) atoms. The number of alkyl halides is 1. The summed E-state index contributed by atoms with van der Waals surface area (Å²) in [7, 11) is 3.10. The monoisotopic (exact) mass is 477 g/mol. The molecular formula is C22H22F3N5O2S. The van der Waals surface area contributed by atoms with Crippen molar-refractivity contribution in [3.63, 3.8) is 0 Å². The predicted octanol–water partition coefficient (Wildman–Crippen LogP) is 3.93. The molecule has 2 fully saturated rings. The first-order valence-corrected chi connectivity index (χ1v) is 11.4. The van der Waals surface area contributed by atoms with Crippen LogP contribution in [0.5, 0.6) is 11.6 Å². The summed E-state index contributed by atoms with van der Waals surface area (Å²) in [5, 5.41) is 22.9. The fourth-order valence-corrected chi connectivity index (χ4v) is 5.53. The van der Waals surface area contributed by atoms with Crippen molar-refractivity contribution in [1.82, 2.24) is 20.5 Å². The van der Waals surface area contributed by atoms with Crippen molar-refractivity contribution in [2.75, 3.05) is 19.1 Å². The molecule has 2 saturated heterocycles. The normalized spacial score (nSPS) is 24.2. The van der Waals surface area contributed by atoms with E-state index in [0.29, 0.717) is 22.6 Å². The molecule has 2 aromatic heterocycles. The summed E-state index contributed by atoms with van der Waals surface area (Å²) in [5.41, 5.74) is 0.311. The maximum Gasteiger partial charge on any atom is 0.216 e. The van der Waals surface area contributed by atoms with E-state index in [1.165, 1.54) is 19.2 Å². The minimum Gasteiger partial charge on any atom is -0.507 e. The van der Waals surface area contributed by atoms with Gasteiger partial charge in [-0.1, -0.05) is 11.3 Å². The van der Waals surface area contributed by atoms with Crippen LogP contribution in [0, 0.1) is 11.8 Å². The van der Waals surface area contributed by atoms with Gasteiger partial charge in [0, 0.05) is 36.8 Å². The third-order valence-electron chi connectivity index (χ3n) is 6.37. The molecule has 2 aliphatic rings. The van der Waals surface area contributed by atoms with Gasteiger partial charge in [-0.3, -0.25) is 0 Å². The third-order valence-corrected chi connectivity index (χ3v) is 7.42. The Kier molecular flexibility index (Phi) is 5.61. The van der Waals surface area contributed by atoms with E-state index in [9.17, 15) is 18.3 Å². The molecule has 2 bridgehead atoms. The number of piperidine rings is 1. The van der Waals surface area contributed by atoms with Crippen LogP contribution >= 0.6 is 11.3 Å². The number of aromatic hydroxyl groups is 1. The molecule has 2 N–H and O–H groups in total. The zero-order chi connectivity index (χ0) is 23.3. The second kappa shape index (κ2) is 8.45. The largest absolute Gasteiger partial charge is 0.507 e. The molecule has 0 radical (unpaired) electrons. The molecule has 11 heteroatoms. The Morgan fingerprint density at radius 2 is 1.97 bits per heavy atom. The lowest BCUT2D eigenvalue weighted by molar-refractivity contribution is 0.176. The molecule has 7 nitrogen and oxygen atoms in total. The first kappa shape index (κ1) is 21.9. The predicted molar refractivity (Wildman–Crippen MR) is 118 cm³/mol. The number of aromatic nitrogens is 3. The van der Waals surface area contributed by atoms with Gasteiger partial charge in [-0.05, 0) is 37.0 Å². The van der Waals surface area contributed by atoms with Gasteiger partial charge in [0.1, 0.15) is 17.7 Å². The van der Waals surface area contributed by atoms with Crippen LogP contribution in [0.25, 0.3) is 21.7 Å². The Morgan fingerprint density at radius 3 is 2.76 bits per heavy atom. The van der Waals surface area contributed by atoms with Crippen molar-refractivity contribution < 1.29 is 23.0 Å². The zero-order valence-corrected chi connectivity index (χ0v) is 18.7. The molecule has 4 atom stereocenters. The van der Waals surface area contributed by atoms with Gasteiger partial charge in [0.05, 0.1) is 18.7 Å². The Balaban J connectivity index is 1.43. The average Bonchev–Trinajstić information content (AvgIpc) is 3.44. The fourth-order valence-electron chi connectivity index (χ4n) is 4.64. The van der Waals surface area contributed by atoms with Crippen molar-refractivity contribution in [2.24, 2.45) is 0 Å². The van der Waals surface area contributed by atoms with Gasteiger partial charge in [-0.15, -0.1) is 10.2 Å². The van der Waals surface area contributed by atoms with Crippen LogP contribution in [0.15, 0.2) is 24.3 Å². The van der Waals surface area contributed by atoms with Crippen LogP contribution in [-0.2, 0) is 0 Å². The number of benzene rings is 1. The smallest absolute Gasteiger partial charge is 0.216 e. The summed E-state index contributed by atoms with van der Waals surface area (Å²) < 4.78 is 48.6. The van der Waals surface area contributed by atoms with Crippen LogP contribution in [0.1, 0.15) is 19.3 Å². The molecule has 0 amide bonds. The van der Waals surface area contributed by atoms with Gasteiger partial charge in [0.25, 0.3) is 0 Å². The first-order chi connectivity index (χ1) is 15.8. The lowest BCUT2D eigenvalue weighted by Gasteiger charge is -2.38. The van der Waals surface area contributed by atoms with Crippen LogP contribution in [0.4, 0.5) is 18.3 Å². The highest BCUT2D eigenvalue weighted by Crippen LogP contribution is 2.40. The highest BCUT2D eigenvalue weighted by atomic mass is 32.1. The summed E-state index contributed by atoms with van der Waals surface area (Å²) in [6.45, 7) is 0. The van der Waals surface area contributed by atoms with Crippen molar-refractivity contribution in [1.29, 1.82) is 0 Å². The second-order valence-corrected chi connectivity index (χ2v) is 9.32. The van der Waals surface area contributed by atoms with Crippen molar-refractivity contribution in [3.8, 4) is 33.3 Å². The summed E-state index contributed by atoms with van der Waals surface area (Å²) >= 11 is 1.15. The number of ether oxygens (including phenoxy) is 1. The number of phenols is 1. The number of anilines is 1. The molecule has 0 saturated carbocycles. The SMILES string of the molecule is COc1cc(-c2cc(O)c(-c3nnc(N(C)C4CC5CCC(N5)C4F)s3)cc2F)cc(F)n1. The summed E-state index contributed by atoms with van der Waals surface area (Å²) in [5.74, 6) is -1.76. The number of rotatable bonds is 5. The van der Waals surface area contributed by atoms with E-state index < -0.39 is 17.9 Å². The molecule has 174 valence electrons. The molecule has 0 spiro atoms. The van der Waals surface area contributed by atoms with E-state index in [4.69, 9.17) is 4.74 Å². The number of fused-ring (bicyclic) bond motifs is 2. The van der Waals surface area contributed by atoms with Crippen molar-refractivity contribution in [2.45, 2.75) is 43.6 Å². The van der Waals surface area contributed by atoms with Crippen LogP contribution in [0.2, 0.25) is 0 Å². The second-order valence-electron chi connectivity index (χ2n) is 8.37.